The molecule has 6 heterocycles. The number of benzene rings is 2. The summed E-state index contributed by atoms with van der Waals surface area (Å²) in [4.78, 5) is 54.2. The number of hydrogen-bond acceptors (Lipinski definition) is 9. The van der Waals surface area contributed by atoms with E-state index in [4.69, 9.17) is 14.2 Å². The van der Waals surface area contributed by atoms with Crippen LogP contribution in [0.5, 0.6) is 17.4 Å². The monoisotopic (exact) mass is 722 g/mol. The summed E-state index contributed by atoms with van der Waals surface area (Å²) >= 11 is 0. The van der Waals surface area contributed by atoms with Crippen LogP contribution in [0, 0.1) is 17.7 Å². The number of carbonyl (C=O) groups excluding carboxylic acids is 3. The van der Waals surface area contributed by atoms with E-state index in [1.54, 1.807) is 42.9 Å². The van der Waals surface area contributed by atoms with E-state index < -0.39 is 11.9 Å². The molecule has 3 aliphatic rings. The van der Waals surface area contributed by atoms with Gasteiger partial charge in [-0.2, -0.15) is 0 Å². The number of rotatable bonds is 8. The zero-order chi connectivity index (χ0) is 36.8. The van der Waals surface area contributed by atoms with Crippen LogP contribution in [-0.2, 0) is 16.1 Å². The molecule has 54 heavy (non-hydrogen) atoms. The highest BCUT2D eigenvalue weighted by molar-refractivity contribution is 6.08. The minimum atomic E-state index is -0.662. The molecule has 1 aliphatic carbocycles. The lowest BCUT2D eigenvalue weighted by atomic mass is 9.92. The van der Waals surface area contributed by atoms with Crippen LogP contribution in [0.2, 0.25) is 0 Å². The number of halogens is 1. The maximum Gasteiger partial charge on any atom is 0.255 e. The number of pyridine rings is 3. The van der Waals surface area contributed by atoms with Crippen molar-refractivity contribution in [1.82, 2.24) is 30.2 Å². The van der Waals surface area contributed by atoms with E-state index in [9.17, 15) is 18.8 Å². The van der Waals surface area contributed by atoms with Crippen LogP contribution in [0.15, 0.2) is 85.5 Å². The zero-order valence-corrected chi connectivity index (χ0v) is 28.7. The number of nitrogens with one attached hydrogen (secondary N) is 2. The van der Waals surface area contributed by atoms with Crippen molar-refractivity contribution in [2.45, 2.75) is 50.5 Å². The molecule has 1 unspecified atom stereocenters. The molecule has 2 aromatic carbocycles. The molecule has 1 saturated carbocycles. The molecule has 0 spiro atoms. The number of aromatic nitrogens is 4. The van der Waals surface area contributed by atoms with E-state index in [2.05, 4.69) is 37.1 Å². The Morgan fingerprint density at radius 2 is 1.70 bits per heavy atom. The van der Waals surface area contributed by atoms with Crippen molar-refractivity contribution in [1.29, 1.82) is 0 Å². The first-order valence-electron chi connectivity index (χ1n) is 17.5. The summed E-state index contributed by atoms with van der Waals surface area (Å²) in [6.07, 6.45) is 8.24. The number of nitrogens with zero attached hydrogens (tertiary/aromatic N) is 4. The lowest BCUT2D eigenvalue weighted by molar-refractivity contribution is -0.136. The fourth-order valence-corrected chi connectivity index (χ4v) is 7.07. The van der Waals surface area contributed by atoms with Gasteiger partial charge in [0.25, 0.3) is 5.91 Å². The van der Waals surface area contributed by atoms with E-state index in [0.717, 1.165) is 45.8 Å². The van der Waals surface area contributed by atoms with E-state index in [0.29, 0.717) is 40.6 Å². The van der Waals surface area contributed by atoms with Gasteiger partial charge in [-0.15, -0.1) is 0 Å². The van der Waals surface area contributed by atoms with Crippen molar-refractivity contribution >= 4 is 39.5 Å². The van der Waals surface area contributed by atoms with Gasteiger partial charge >= 0.3 is 0 Å². The summed E-state index contributed by atoms with van der Waals surface area (Å²) in [6, 6.07) is 17.9. The second-order valence-corrected chi connectivity index (χ2v) is 13.5. The molecule has 4 aromatic heterocycles. The Kier molecular flexibility index (Phi) is 8.34. The summed E-state index contributed by atoms with van der Waals surface area (Å²) < 4.78 is 32.1. The molecule has 2 N–H and O–H groups in total. The van der Waals surface area contributed by atoms with Gasteiger partial charge < -0.3 is 24.1 Å². The predicted molar refractivity (Wildman–Crippen MR) is 194 cm³/mol. The van der Waals surface area contributed by atoms with Gasteiger partial charge in [-0.1, -0.05) is 18.1 Å². The van der Waals surface area contributed by atoms with Crippen molar-refractivity contribution in [2.75, 3.05) is 6.61 Å². The third-order valence-corrected chi connectivity index (χ3v) is 9.94. The van der Waals surface area contributed by atoms with Gasteiger partial charge in [-0.05, 0) is 65.9 Å². The molecule has 6 aromatic rings. The van der Waals surface area contributed by atoms with Crippen molar-refractivity contribution in [3.8, 4) is 40.3 Å². The molecule has 3 amide bonds. The molecule has 2 aliphatic heterocycles. The first kappa shape index (κ1) is 33.1. The van der Waals surface area contributed by atoms with Crippen LogP contribution >= 0.6 is 0 Å². The second kappa shape index (κ2) is 13.6. The normalized spacial score (nSPS) is 19.2. The van der Waals surface area contributed by atoms with E-state index in [-0.39, 0.29) is 49.4 Å². The molecule has 12 nitrogen and oxygen atoms in total. The minimum absolute atomic E-state index is 0.00296. The zero-order valence-electron chi connectivity index (χ0n) is 28.7. The molecule has 2 fully saturated rings. The van der Waals surface area contributed by atoms with Crippen LogP contribution < -0.4 is 19.5 Å². The van der Waals surface area contributed by atoms with Gasteiger partial charge in [0, 0.05) is 71.7 Å². The smallest absolute Gasteiger partial charge is 0.255 e. The fourth-order valence-electron chi connectivity index (χ4n) is 7.07. The Bertz CT molecular complexity index is 2520. The highest BCUT2D eigenvalue weighted by atomic mass is 19.1. The van der Waals surface area contributed by atoms with E-state index in [1.165, 1.54) is 11.1 Å². The Balaban J connectivity index is 0.726. The fraction of sp³-hybridized carbons (Fsp3) is 0.220. The SMILES string of the molecule is O=C1CCC(N2Cc3cc(OCC#Cc4ccc(OC5CC(Oc6ccc(-c7ccc8c(c7)[nH]c7c(F)cncc78)cn6)C5)cn4)ccc3C2=O)C(=O)N1. The average molecular weight is 723 g/mol. The molecule has 0 radical (unpaired) electrons. The Labute approximate surface area is 307 Å². The summed E-state index contributed by atoms with van der Waals surface area (Å²) in [5, 5.41) is 3.97. The highest BCUT2D eigenvalue weighted by Gasteiger charge is 2.39. The molecular formula is C41H31FN6O6. The Morgan fingerprint density at radius 1 is 0.852 bits per heavy atom. The maximum atomic E-state index is 14.2. The molecule has 9 rings (SSSR count). The van der Waals surface area contributed by atoms with Gasteiger partial charge in [0.2, 0.25) is 17.7 Å². The average Bonchev–Trinajstić information content (AvgIpc) is 3.70. The number of hydrogen-bond donors (Lipinski definition) is 2. The summed E-state index contributed by atoms with van der Waals surface area (Å²) in [5.41, 5.74) is 5.00. The number of aromatic amines is 1. The summed E-state index contributed by atoms with van der Waals surface area (Å²) in [5.74, 6) is 6.32. The molecule has 13 heteroatoms. The summed E-state index contributed by atoms with van der Waals surface area (Å²) in [6.45, 7) is 0.392. The number of carbonyl (C=O) groups is 3. The van der Waals surface area contributed by atoms with Crippen LogP contribution in [0.3, 0.4) is 0 Å². The first-order chi connectivity index (χ1) is 26.3. The second-order valence-electron chi connectivity index (χ2n) is 13.5. The molecule has 268 valence electrons. The molecular weight excluding hydrogens is 691 g/mol. The van der Waals surface area contributed by atoms with Crippen molar-refractivity contribution in [3.63, 3.8) is 0 Å². The highest BCUT2D eigenvalue weighted by Crippen LogP contribution is 2.33. The lowest BCUT2D eigenvalue weighted by Crippen LogP contribution is -2.52. The molecule has 0 bridgehead atoms. The topological polar surface area (TPSA) is 149 Å². The summed E-state index contributed by atoms with van der Waals surface area (Å²) in [7, 11) is 0. The van der Waals surface area contributed by atoms with Crippen molar-refractivity contribution in [3.05, 3.63) is 108 Å². The number of imide groups is 1. The lowest BCUT2D eigenvalue weighted by Gasteiger charge is -2.34. The van der Waals surface area contributed by atoms with Crippen LogP contribution in [-0.4, -0.2) is 67.4 Å². The molecule has 1 saturated heterocycles. The van der Waals surface area contributed by atoms with Gasteiger partial charge in [-0.25, -0.2) is 14.4 Å². The van der Waals surface area contributed by atoms with E-state index >= 15 is 0 Å². The maximum absolute atomic E-state index is 14.2. The number of H-pyrrole nitrogens is 1. The Hall–Kier alpha value is -6.81. The van der Waals surface area contributed by atoms with Gasteiger partial charge in [0.05, 0.1) is 17.9 Å². The predicted octanol–water partition coefficient (Wildman–Crippen LogP) is 5.49. The van der Waals surface area contributed by atoms with Crippen molar-refractivity contribution in [2.24, 2.45) is 0 Å². The van der Waals surface area contributed by atoms with Crippen LogP contribution in [0.25, 0.3) is 32.9 Å². The quantitative estimate of drug-likeness (QED) is 0.154. The largest absolute Gasteiger partial charge is 0.489 e. The van der Waals surface area contributed by atoms with Gasteiger partial charge in [0.15, 0.2) is 5.82 Å². The number of piperidine rings is 1. The first-order valence-corrected chi connectivity index (χ1v) is 17.5. The third-order valence-electron chi connectivity index (χ3n) is 9.94. The standard InChI is InChI=1S/C41H31FN6O6/c42-34-21-43-20-33-32-8-3-23(15-35(32)46-39(33)34)24-4-12-38(45-18-24)54-30-16-29(17-30)53-28-6-5-26(44-19-28)2-1-13-52-27-7-9-31-25(14-27)22-48(41(31)51)36-10-11-37(49)47-40(36)50/h3-9,12,14-15,18-21,29-30,36,46H,10-11,13,16-17,22H2,(H,47,49,50). The van der Waals surface area contributed by atoms with Crippen LogP contribution in [0.1, 0.15) is 47.3 Å². The van der Waals surface area contributed by atoms with Gasteiger partial charge in [0.1, 0.15) is 42.0 Å². The number of amides is 3. The number of ether oxygens (including phenoxy) is 3. The number of fused-ring (bicyclic) bond motifs is 4. The van der Waals surface area contributed by atoms with Crippen molar-refractivity contribution < 1.29 is 33.0 Å². The molecule has 1 atom stereocenters. The van der Waals surface area contributed by atoms with Gasteiger partial charge in [-0.3, -0.25) is 24.7 Å². The Morgan fingerprint density at radius 3 is 2.52 bits per heavy atom. The van der Waals surface area contributed by atoms with E-state index in [1.807, 2.05) is 36.4 Å². The van der Waals surface area contributed by atoms with Crippen LogP contribution in [0.4, 0.5) is 4.39 Å². The third kappa shape index (κ3) is 6.43. The minimum Gasteiger partial charge on any atom is -0.489 e.